The molecule has 2 rings (SSSR count). The monoisotopic (exact) mass is 239 g/mol. The molecule has 0 spiro atoms. The lowest BCUT2D eigenvalue weighted by Gasteiger charge is -2.36. The molecule has 4 nitrogen and oxygen atoms in total. The highest BCUT2D eigenvalue weighted by molar-refractivity contribution is 5.73. The van der Waals surface area contributed by atoms with Crippen LogP contribution in [0.25, 0.3) is 0 Å². The summed E-state index contributed by atoms with van der Waals surface area (Å²) in [4.78, 5) is 13.6. The van der Waals surface area contributed by atoms with Gasteiger partial charge < -0.3 is 10.6 Å². The van der Waals surface area contributed by atoms with Crippen LogP contribution >= 0.6 is 0 Å². The Kier molecular flexibility index (Phi) is 3.73. The van der Waals surface area contributed by atoms with E-state index in [9.17, 15) is 4.79 Å². The Labute approximate surface area is 104 Å². The maximum atomic E-state index is 11.0. The van der Waals surface area contributed by atoms with E-state index < -0.39 is 0 Å². The van der Waals surface area contributed by atoms with E-state index in [1.807, 2.05) is 0 Å². The summed E-state index contributed by atoms with van der Waals surface area (Å²) in [5, 5.41) is 6.60. The third-order valence-corrected chi connectivity index (χ3v) is 4.02. The van der Waals surface area contributed by atoms with Crippen LogP contribution in [0.4, 0.5) is 0 Å². The van der Waals surface area contributed by atoms with Crippen molar-refractivity contribution in [2.75, 3.05) is 19.6 Å². The van der Waals surface area contributed by atoms with Gasteiger partial charge >= 0.3 is 0 Å². The predicted octanol–water partition coefficient (Wildman–Crippen LogP) is 0.727. The van der Waals surface area contributed by atoms with Crippen LogP contribution in [0.3, 0.4) is 0 Å². The van der Waals surface area contributed by atoms with Gasteiger partial charge in [0.05, 0.1) is 0 Å². The third-order valence-electron chi connectivity index (χ3n) is 4.02. The Balaban J connectivity index is 1.78. The average molecular weight is 239 g/mol. The van der Waals surface area contributed by atoms with Crippen LogP contribution in [0.15, 0.2) is 0 Å². The first-order valence-corrected chi connectivity index (χ1v) is 6.72. The third kappa shape index (κ3) is 3.42. The van der Waals surface area contributed by atoms with Gasteiger partial charge in [-0.15, -0.1) is 0 Å². The number of hydrogen-bond acceptors (Lipinski definition) is 3. The molecule has 0 saturated carbocycles. The zero-order valence-electron chi connectivity index (χ0n) is 11.3. The smallest absolute Gasteiger partial charge is 0.217 e. The fourth-order valence-corrected chi connectivity index (χ4v) is 3.08. The van der Waals surface area contributed by atoms with Gasteiger partial charge in [0.25, 0.3) is 0 Å². The van der Waals surface area contributed by atoms with Gasteiger partial charge in [-0.3, -0.25) is 9.69 Å². The van der Waals surface area contributed by atoms with Gasteiger partial charge in [-0.1, -0.05) is 0 Å². The first-order valence-electron chi connectivity index (χ1n) is 6.72. The van der Waals surface area contributed by atoms with E-state index in [0.29, 0.717) is 17.6 Å². The number of hydrogen-bond donors (Lipinski definition) is 2. The van der Waals surface area contributed by atoms with Crippen molar-refractivity contribution in [3.63, 3.8) is 0 Å². The summed E-state index contributed by atoms with van der Waals surface area (Å²) in [6, 6.07) is 1.08. The van der Waals surface area contributed by atoms with Crippen LogP contribution in [0.5, 0.6) is 0 Å². The number of likely N-dealkylation sites (tertiary alicyclic amines) is 1. The number of carbonyl (C=O) groups excluding carboxylic acids is 1. The molecule has 1 amide bonds. The van der Waals surface area contributed by atoms with Gasteiger partial charge in [-0.25, -0.2) is 0 Å². The minimum atomic E-state index is 0.104. The number of carbonyl (C=O) groups is 1. The molecule has 2 aliphatic rings. The zero-order chi connectivity index (χ0) is 12.5. The fraction of sp³-hybridized carbons (Fsp3) is 0.923. The average Bonchev–Trinajstić information content (AvgIpc) is 2.59. The van der Waals surface area contributed by atoms with Gasteiger partial charge in [0, 0.05) is 44.2 Å². The number of nitrogens with one attached hydrogen (secondary N) is 2. The van der Waals surface area contributed by atoms with Gasteiger partial charge in [0.15, 0.2) is 0 Å². The predicted molar refractivity (Wildman–Crippen MR) is 68.9 cm³/mol. The van der Waals surface area contributed by atoms with Gasteiger partial charge in [-0.05, 0) is 33.1 Å². The molecule has 17 heavy (non-hydrogen) atoms. The number of piperidine rings is 1. The fourth-order valence-electron chi connectivity index (χ4n) is 3.08. The molecule has 0 bridgehead atoms. The summed E-state index contributed by atoms with van der Waals surface area (Å²) in [6.07, 6.45) is 3.42. The molecular weight excluding hydrogens is 214 g/mol. The van der Waals surface area contributed by atoms with E-state index in [0.717, 1.165) is 32.5 Å². The van der Waals surface area contributed by atoms with Crippen LogP contribution in [0.1, 0.15) is 40.0 Å². The van der Waals surface area contributed by atoms with Crippen molar-refractivity contribution >= 4 is 5.91 Å². The normalized spacial score (nSPS) is 30.4. The molecule has 2 N–H and O–H groups in total. The van der Waals surface area contributed by atoms with Crippen molar-refractivity contribution in [2.45, 2.75) is 57.7 Å². The van der Waals surface area contributed by atoms with E-state index in [1.54, 1.807) is 6.92 Å². The van der Waals surface area contributed by atoms with E-state index in [1.165, 1.54) is 6.42 Å². The minimum absolute atomic E-state index is 0.104. The zero-order valence-corrected chi connectivity index (χ0v) is 11.3. The maximum absolute atomic E-state index is 11.0. The number of rotatable bonds is 2. The first-order chi connectivity index (χ1) is 7.96. The lowest BCUT2D eigenvalue weighted by molar-refractivity contribution is -0.120. The molecule has 98 valence electrons. The lowest BCUT2D eigenvalue weighted by atomic mass is 9.98. The molecular formula is C13H25N3O. The molecule has 2 aliphatic heterocycles. The SMILES string of the molecule is CC(=O)NC1CCN(C2CNC(C)(C)C2)CC1. The van der Waals surface area contributed by atoms with Gasteiger partial charge in [0.1, 0.15) is 0 Å². The van der Waals surface area contributed by atoms with E-state index in [2.05, 4.69) is 29.4 Å². The molecule has 2 heterocycles. The molecule has 0 aliphatic carbocycles. The Morgan fingerprint density at radius 1 is 1.35 bits per heavy atom. The molecule has 4 heteroatoms. The quantitative estimate of drug-likeness (QED) is 0.746. The molecule has 0 radical (unpaired) electrons. The molecule has 2 saturated heterocycles. The highest BCUT2D eigenvalue weighted by Crippen LogP contribution is 2.24. The summed E-state index contributed by atoms with van der Waals surface area (Å²) in [5.41, 5.74) is 0.291. The van der Waals surface area contributed by atoms with Crippen molar-refractivity contribution in [3.8, 4) is 0 Å². The molecule has 0 aromatic rings. The second kappa shape index (κ2) is 4.94. The van der Waals surface area contributed by atoms with Crippen molar-refractivity contribution in [2.24, 2.45) is 0 Å². The van der Waals surface area contributed by atoms with Crippen molar-refractivity contribution in [3.05, 3.63) is 0 Å². The summed E-state index contributed by atoms with van der Waals surface area (Å²) < 4.78 is 0. The van der Waals surface area contributed by atoms with Crippen LogP contribution in [0, 0.1) is 0 Å². The molecule has 2 fully saturated rings. The van der Waals surface area contributed by atoms with Crippen LogP contribution in [-0.4, -0.2) is 48.1 Å². The van der Waals surface area contributed by atoms with E-state index >= 15 is 0 Å². The summed E-state index contributed by atoms with van der Waals surface area (Å²) in [7, 11) is 0. The highest BCUT2D eigenvalue weighted by Gasteiger charge is 2.35. The van der Waals surface area contributed by atoms with Crippen molar-refractivity contribution in [1.29, 1.82) is 0 Å². The van der Waals surface area contributed by atoms with Gasteiger partial charge in [0.2, 0.25) is 5.91 Å². The van der Waals surface area contributed by atoms with Crippen LogP contribution in [-0.2, 0) is 4.79 Å². The number of nitrogens with zero attached hydrogens (tertiary/aromatic N) is 1. The molecule has 0 aromatic heterocycles. The topological polar surface area (TPSA) is 44.4 Å². The Bertz CT molecular complexity index is 282. The highest BCUT2D eigenvalue weighted by atomic mass is 16.1. The Morgan fingerprint density at radius 3 is 2.47 bits per heavy atom. The molecule has 1 unspecified atom stereocenters. The van der Waals surface area contributed by atoms with Gasteiger partial charge in [-0.2, -0.15) is 0 Å². The lowest BCUT2D eigenvalue weighted by Crippen LogP contribution is -2.48. The first kappa shape index (κ1) is 12.8. The summed E-state index contributed by atoms with van der Waals surface area (Å²) >= 11 is 0. The number of amides is 1. The Morgan fingerprint density at radius 2 is 2.00 bits per heavy atom. The van der Waals surface area contributed by atoms with E-state index in [-0.39, 0.29) is 5.91 Å². The minimum Gasteiger partial charge on any atom is -0.354 e. The largest absolute Gasteiger partial charge is 0.354 e. The van der Waals surface area contributed by atoms with Crippen molar-refractivity contribution in [1.82, 2.24) is 15.5 Å². The van der Waals surface area contributed by atoms with Crippen LogP contribution in [0.2, 0.25) is 0 Å². The van der Waals surface area contributed by atoms with Crippen LogP contribution < -0.4 is 10.6 Å². The van der Waals surface area contributed by atoms with E-state index in [4.69, 9.17) is 0 Å². The molecule has 1 atom stereocenters. The molecule has 0 aromatic carbocycles. The Hall–Kier alpha value is -0.610. The standard InChI is InChI=1S/C13H25N3O/c1-10(17)15-11-4-6-16(7-5-11)12-8-13(2,3)14-9-12/h11-12,14H,4-9H2,1-3H3,(H,15,17). The maximum Gasteiger partial charge on any atom is 0.217 e. The summed E-state index contributed by atoms with van der Waals surface area (Å²) in [5.74, 6) is 0.104. The summed E-state index contributed by atoms with van der Waals surface area (Å²) in [6.45, 7) is 9.50. The second-order valence-electron chi connectivity index (χ2n) is 6.13. The second-order valence-corrected chi connectivity index (χ2v) is 6.13. The van der Waals surface area contributed by atoms with Crippen molar-refractivity contribution < 1.29 is 4.79 Å².